The summed E-state index contributed by atoms with van der Waals surface area (Å²) in [6.07, 6.45) is 3.35. The van der Waals surface area contributed by atoms with Crippen LogP contribution in [0.15, 0.2) is 60.0 Å². The lowest BCUT2D eigenvalue weighted by atomic mass is 10.1. The Kier molecular flexibility index (Phi) is 6.96. The number of carbonyl (C=O) groups is 1. The zero-order valence-electron chi connectivity index (χ0n) is 15.0. The van der Waals surface area contributed by atoms with Gasteiger partial charge in [0.15, 0.2) is 5.13 Å². The van der Waals surface area contributed by atoms with Gasteiger partial charge in [0.05, 0.1) is 12.1 Å². The summed E-state index contributed by atoms with van der Waals surface area (Å²) in [4.78, 5) is 16.1. The maximum absolute atomic E-state index is 12.0. The highest BCUT2D eigenvalue weighted by Gasteiger charge is 2.07. The molecule has 1 aromatic heterocycles. The van der Waals surface area contributed by atoms with Gasteiger partial charge >= 0.3 is 0 Å². The highest BCUT2D eigenvalue weighted by atomic mass is 32.1. The molecule has 0 aliphatic heterocycles. The average Bonchev–Trinajstić information content (AvgIpc) is 3.08. The van der Waals surface area contributed by atoms with Gasteiger partial charge in [-0.1, -0.05) is 42.5 Å². The van der Waals surface area contributed by atoms with Crippen molar-refractivity contribution in [2.45, 2.75) is 12.8 Å². The molecule has 0 fully saturated rings. The molecule has 0 saturated heterocycles. The van der Waals surface area contributed by atoms with Crippen LogP contribution in [-0.4, -0.2) is 24.0 Å². The first kappa shape index (κ1) is 19.1. The van der Waals surface area contributed by atoms with Gasteiger partial charge in [-0.05, 0) is 36.2 Å². The molecule has 0 spiro atoms. The second kappa shape index (κ2) is 9.85. The number of hydrogen-bond acceptors (Lipinski definition) is 5. The second-order valence-corrected chi connectivity index (χ2v) is 7.06. The lowest BCUT2D eigenvalue weighted by Crippen LogP contribution is -2.19. The number of aromatic nitrogens is 1. The van der Waals surface area contributed by atoms with Crippen LogP contribution >= 0.6 is 11.3 Å². The number of anilines is 2. The van der Waals surface area contributed by atoms with Gasteiger partial charge in [-0.15, -0.1) is 11.3 Å². The summed E-state index contributed by atoms with van der Waals surface area (Å²) in [6.45, 7) is 1.75. The lowest BCUT2D eigenvalue weighted by molar-refractivity contribution is -0.115. The summed E-state index contributed by atoms with van der Waals surface area (Å²) in [5.41, 5.74) is 9.53. The van der Waals surface area contributed by atoms with Crippen molar-refractivity contribution in [3.05, 3.63) is 83.2 Å². The number of carbonyl (C=O) groups excluding carboxylic acids is 1. The van der Waals surface area contributed by atoms with Crippen molar-refractivity contribution >= 4 is 28.1 Å². The zero-order chi connectivity index (χ0) is 18.9. The van der Waals surface area contributed by atoms with Crippen molar-refractivity contribution in [2.75, 3.05) is 24.1 Å². The van der Waals surface area contributed by atoms with E-state index in [0.717, 1.165) is 25.2 Å². The molecule has 27 heavy (non-hydrogen) atoms. The molecule has 5 nitrogen and oxygen atoms in total. The predicted octanol–water partition coefficient (Wildman–Crippen LogP) is 3.29. The minimum atomic E-state index is -0.0915. The van der Waals surface area contributed by atoms with Crippen LogP contribution in [-0.2, 0) is 17.6 Å². The highest BCUT2D eigenvalue weighted by molar-refractivity contribution is 7.13. The number of thiazole rings is 1. The van der Waals surface area contributed by atoms with Gasteiger partial charge in [-0.2, -0.15) is 0 Å². The zero-order valence-corrected chi connectivity index (χ0v) is 15.8. The van der Waals surface area contributed by atoms with Crippen molar-refractivity contribution in [3.8, 4) is 0 Å². The van der Waals surface area contributed by atoms with Gasteiger partial charge in [0, 0.05) is 24.0 Å². The van der Waals surface area contributed by atoms with Crippen LogP contribution in [0.3, 0.4) is 0 Å². The average molecular weight is 380 g/mol. The number of benzene rings is 2. The Balaban J connectivity index is 1.36. The largest absolute Gasteiger partial charge is 0.375 e. The summed E-state index contributed by atoms with van der Waals surface area (Å²) < 4.78 is 0. The van der Waals surface area contributed by atoms with E-state index in [0.29, 0.717) is 10.8 Å². The number of nitrogen functional groups attached to an aromatic ring is 1. The number of nitrogens with one attached hydrogen (secondary N) is 2. The van der Waals surface area contributed by atoms with Gasteiger partial charge in [0.2, 0.25) is 5.91 Å². The molecule has 4 N–H and O–H groups in total. The molecular formula is C21H23N4OS. The number of nitrogens with two attached hydrogens (primary N) is 1. The van der Waals surface area contributed by atoms with Crippen molar-refractivity contribution in [1.29, 1.82) is 0 Å². The van der Waals surface area contributed by atoms with Crippen LogP contribution in [0, 0.1) is 6.42 Å². The fourth-order valence-corrected chi connectivity index (χ4v) is 3.20. The van der Waals surface area contributed by atoms with E-state index in [9.17, 15) is 4.79 Å². The van der Waals surface area contributed by atoms with E-state index in [2.05, 4.69) is 34.2 Å². The Labute approximate surface area is 163 Å². The first-order valence-corrected chi connectivity index (χ1v) is 9.74. The van der Waals surface area contributed by atoms with E-state index in [-0.39, 0.29) is 12.3 Å². The molecule has 0 aliphatic carbocycles. The van der Waals surface area contributed by atoms with Crippen molar-refractivity contribution in [1.82, 2.24) is 10.3 Å². The van der Waals surface area contributed by atoms with Crippen molar-refractivity contribution < 1.29 is 4.79 Å². The van der Waals surface area contributed by atoms with Crippen molar-refractivity contribution in [2.24, 2.45) is 0 Å². The number of hydrogen-bond donors (Lipinski definition) is 3. The third-order valence-electron chi connectivity index (χ3n) is 4.02. The molecule has 0 bridgehead atoms. The summed E-state index contributed by atoms with van der Waals surface area (Å²) >= 11 is 1.34. The first-order valence-electron chi connectivity index (χ1n) is 8.87. The van der Waals surface area contributed by atoms with Gasteiger partial charge in [-0.3, -0.25) is 4.79 Å². The maximum Gasteiger partial charge on any atom is 0.230 e. The molecule has 0 atom stereocenters. The normalized spacial score (nSPS) is 10.7. The van der Waals surface area contributed by atoms with Gasteiger partial charge in [-0.25, -0.2) is 4.98 Å². The van der Waals surface area contributed by atoms with Crippen LogP contribution in [0.1, 0.15) is 16.8 Å². The molecular weight excluding hydrogens is 356 g/mol. The van der Waals surface area contributed by atoms with E-state index < -0.39 is 0 Å². The topological polar surface area (TPSA) is 80.0 Å². The van der Waals surface area contributed by atoms with Crippen LogP contribution in [0.4, 0.5) is 10.8 Å². The SMILES string of the molecule is Nc1nc(CC(=O)Nc2ccc(CCNC[CH]c3ccccc3)cc2)cs1. The van der Waals surface area contributed by atoms with Crippen LogP contribution in [0.2, 0.25) is 0 Å². The van der Waals surface area contributed by atoms with Crippen LogP contribution < -0.4 is 16.4 Å². The number of rotatable bonds is 9. The summed E-state index contributed by atoms with van der Waals surface area (Å²) in [5, 5.41) is 8.59. The van der Waals surface area contributed by atoms with Crippen LogP contribution in [0.25, 0.3) is 0 Å². The summed E-state index contributed by atoms with van der Waals surface area (Å²) in [5.74, 6) is -0.0915. The molecule has 139 valence electrons. The maximum atomic E-state index is 12.0. The van der Waals surface area contributed by atoms with Gasteiger partial charge in [0.25, 0.3) is 0 Å². The molecule has 0 unspecified atom stereocenters. The highest BCUT2D eigenvalue weighted by Crippen LogP contribution is 2.14. The molecule has 1 amide bonds. The summed E-state index contributed by atoms with van der Waals surface area (Å²) in [6, 6.07) is 18.2. The number of nitrogens with zero attached hydrogens (tertiary/aromatic N) is 1. The van der Waals surface area contributed by atoms with Crippen LogP contribution in [0.5, 0.6) is 0 Å². The molecule has 3 rings (SSSR count). The Morgan fingerprint density at radius 1 is 1.11 bits per heavy atom. The smallest absolute Gasteiger partial charge is 0.230 e. The standard InChI is InChI=1S/C21H23N4OS/c22-21-25-19(15-27-21)14-20(26)24-18-8-6-17(7-9-18)11-13-23-12-10-16-4-2-1-3-5-16/h1-10,15,23H,11-14H2,(H2,22,25)(H,24,26). The molecule has 1 heterocycles. The Bertz CT molecular complexity index is 846. The van der Waals surface area contributed by atoms with Gasteiger partial charge in [0.1, 0.15) is 0 Å². The third kappa shape index (κ3) is 6.51. The Morgan fingerprint density at radius 2 is 1.89 bits per heavy atom. The molecule has 0 aliphatic rings. The Morgan fingerprint density at radius 3 is 2.59 bits per heavy atom. The second-order valence-electron chi connectivity index (χ2n) is 6.17. The van der Waals surface area contributed by atoms with E-state index >= 15 is 0 Å². The lowest BCUT2D eigenvalue weighted by Gasteiger charge is -2.07. The van der Waals surface area contributed by atoms with E-state index in [1.165, 1.54) is 22.5 Å². The molecule has 1 radical (unpaired) electrons. The third-order valence-corrected chi connectivity index (χ3v) is 4.74. The monoisotopic (exact) mass is 379 g/mol. The van der Waals surface area contributed by atoms with E-state index in [1.807, 2.05) is 42.5 Å². The first-order chi connectivity index (χ1) is 13.2. The fraction of sp³-hybridized carbons (Fsp3) is 0.190. The fourth-order valence-electron chi connectivity index (χ4n) is 2.64. The van der Waals surface area contributed by atoms with Gasteiger partial charge < -0.3 is 16.4 Å². The molecule has 2 aromatic carbocycles. The van der Waals surface area contributed by atoms with E-state index in [4.69, 9.17) is 5.73 Å². The Hall–Kier alpha value is -2.70. The minimum absolute atomic E-state index is 0.0915. The molecule has 0 saturated carbocycles. The molecule has 3 aromatic rings. The number of amides is 1. The quantitative estimate of drug-likeness (QED) is 0.499. The molecule has 6 heteroatoms. The van der Waals surface area contributed by atoms with E-state index in [1.54, 1.807) is 5.38 Å². The predicted molar refractivity (Wildman–Crippen MR) is 112 cm³/mol. The van der Waals surface area contributed by atoms with Crippen molar-refractivity contribution in [3.63, 3.8) is 0 Å². The summed E-state index contributed by atoms with van der Waals surface area (Å²) in [7, 11) is 0. The minimum Gasteiger partial charge on any atom is -0.375 e.